The SMILES string of the molecule is COC.O=C(Nc1cc(-c2cncc(NCC3CCOCC3)n2)c(Cl)cn1)[C@H]1CCCNC1. The van der Waals surface area contributed by atoms with E-state index in [2.05, 4.69) is 35.6 Å². The molecular weight excluding hydrogens is 444 g/mol. The van der Waals surface area contributed by atoms with Crippen molar-refractivity contribution in [1.82, 2.24) is 20.3 Å². The summed E-state index contributed by atoms with van der Waals surface area (Å²) < 4.78 is 9.66. The summed E-state index contributed by atoms with van der Waals surface area (Å²) in [5, 5.41) is 9.99. The number of hydrogen-bond acceptors (Lipinski definition) is 8. The predicted molar refractivity (Wildman–Crippen MR) is 129 cm³/mol. The van der Waals surface area contributed by atoms with Crippen LogP contribution in [0, 0.1) is 11.8 Å². The normalized spacial score (nSPS) is 18.7. The van der Waals surface area contributed by atoms with Gasteiger partial charge in [-0.05, 0) is 44.2 Å². The number of aromatic nitrogens is 3. The molecule has 0 spiro atoms. The third-order valence-corrected chi connectivity index (χ3v) is 5.90. The Bertz CT molecular complexity index is 888. The molecule has 33 heavy (non-hydrogen) atoms. The van der Waals surface area contributed by atoms with Gasteiger partial charge in [-0.15, -0.1) is 0 Å². The summed E-state index contributed by atoms with van der Waals surface area (Å²) in [6, 6.07) is 1.75. The molecule has 0 unspecified atom stereocenters. The number of carbonyl (C=O) groups excluding carboxylic acids is 1. The van der Waals surface area contributed by atoms with E-state index in [1.165, 1.54) is 6.20 Å². The minimum absolute atomic E-state index is 0.0269. The fourth-order valence-electron chi connectivity index (χ4n) is 3.79. The van der Waals surface area contributed by atoms with Gasteiger partial charge in [-0.1, -0.05) is 11.6 Å². The summed E-state index contributed by atoms with van der Waals surface area (Å²) in [5.41, 5.74) is 1.32. The number of nitrogens with one attached hydrogen (secondary N) is 3. The highest BCUT2D eigenvalue weighted by Gasteiger charge is 2.21. The van der Waals surface area contributed by atoms with Crippen LogP contribution in [0.15, 0.2) is 24.7 Å². The van der Waals surface area contributed by atoms with Crippen molar-refractivity contribution in [3.05, 3.63) is 29.7 Å². The molecule has 1 atom stereocenters. The van der Waals surface area contributed by atoms with Crippen molar-refractivity contribution in [3.63, 3.8) is 0 Å². The highest BCUT2D eigenvalue weighted by atomic mass is 35.5. The monoisotopic (exact) mass is 476 g/mol. The first-order valence-corrected chi connectivity index (χ1v) is 11.7. The zero-order valence-electron chi connectivity index (χ0n) is 19.3. The molecule has 4 rings (SSSR count). The number of nitrogens with zero attached hydrogens (tertiary/aromatic N) is 3. The summed E-state index contributed by atoms with van der Waals surface area (Å²) in [6.07, 6.45) is 8.89. The smallest absolute Gasteiger partial charge is 0.229 e. The number of anilines is 2. The number of pyridine rings is 1. The third kappa shape index (κ3) is 7.89. The van der Waals surface area contributed by atoms with E-state index in [1.54, 1.807) is 32.7 Å². The maximum Gasteiger partial charge on any atom is 0.229 e. The number of carbonyl (C=O) groups is 1. The van der Waals surface area contributed by atoms with Crippen molar-refractivity contribution in [2.24, 2.45) is 11.8 Å². The summed E-state index contributed by atoms with van der Waals surface area (Å²) in [6.45, 7) is 4.12. The lowest BCUT2D eigenvalue weighted by molar-refractivity contribution is -0.120. The second-order valence-electron chi connectivity index (χ2n) is 8.22. The van der Waals surface area contributed by atoms with Gasteiger partial charge in [0.1, 0.15) is 11.6 Å². The van der Waals surface area contributed by atoms with Crippen LogP contribution in [0.25, 0.3) is 11.3 Å². The van der Waals surface area contributed by atoms with Gasteiger partial charge in [-0.25, -0.2) is 9.97 Å². The molecular formula is C23H33ClN6O3. The molecule has 2 aliphatic heterocycles. The minimum Gasteiger partial charge on any atom is -0.388 e. The van der Waals surface area contributed by atoms with E-state index in [-0.39, 0.29) is 11.8 Å². The maximum atomic E-state index is 12.5. The number of halogens is 1. The standard InChI is InChI=1S/C21H27ClN6O2.C2H6O/c22-17-11-26-19(28-21(29)15-2-1-5-23-10-15)8-16(17)18-12-24-13-20(27-18)25-9-14-3-6-30-7-4-14;1-3-2/h8,11-15,23H,1-7,9-10H2,(H,25,27)(H,26,28,29);1-2H3/t15-;/m0./s1. The number of ether oxygens (including phenoxy) is 2. The van der Waals surface area contributed by atoms with E-state index < -0.39 is 0 Å². The average molecular weight is 477 g/mol. The molecule has 10 heteroatoms. The highest BCUT2D eigenvalue weighted by molar-refractivity contribution is 6.33. The van der Waals surface area contributed by atoms with Crippen LogP contribution < -0.4 is 16.0 Å². The Hall–Kier alpha value is -2.33. The van der Waals surface area contributed by atoms with Gasteiger partial charge in [0.2, 0.25) is 5.91 Å². The lowest BCUT2D eigenvalue weighted by atomic mass is 9.99. The molecule has 1 amide bonds. The van der Waals surface area contributed by atoms with Crippen LogP contribution in [0.3, 0.4) is 0 Å². The van der Waals surface area contributed by atoms with Crippen LogP contribution in [0.2, 0.25) is 5.02 Å². The van der Waals surface area contributed by atoms with Crippen LogP contribution in [0.4, 0.5) is 11.6 Å². The van der Waals surface area contributed by atoms with Gasteiger partial charge in [0.15, 0.2) is 0 Å². The average Bonchev–Trinajstić information content (AvgIpc) is 2.86. The number of piperidine rings is 1. The van der Waals surface area contributed by atoms with Crippen molar-refractivity contribution in [1.29, 1.82) is 0 Å². The zero-order chi connectivity index (χ0) is 23.5. The number of rotatable bonds is 6. The maximum absolute atomic E-state index is 12.5. The van der Waals surface area contributed by atoms with Crippen molar-refractivity contribution >= 4 is 29.1 Å². The van der Waals surface area contributed by atoms with E-state index in [9.17, 15) is 4.79 Å². The summed E-state index contributed by atoms with van der Waals surface area (Å²) in [7, 11) is 3.25. The Balaban J connectivity index is 0.000000968. The number of amides is 1. The predicted octanol–water partition coefficient (Wildman–Crippen LogP) is 3.23. The first kappa shape index (κ1) is 25.3. The Morgan fingerprint density at radius 1 is 1.21 bits per heavy atom. The second kappa shape index (κ2) is 13.4. The second-order valence-corrected chi connectivity index (χ2v) is 8.62. The van der Waals surface area contributed by atoms with E-state index in [1.807, 2.05) is 0 Å². The van der Waals surface area contributed by atoms with Crippen LogP contribution >= 0.6 is 11.6 Å². The Morgan fingerprint density at radius 3 is 2.73 bits per heavy atom. The van der Waals surface area contributed by atoms with Gasteiger partial charge in [0.05, 0.1) is 29.0 Å². The third-order valence-electron chi connectivity index (χ3n) is 5.60. The minimum atomic E-state index is -0.0443. The van der Waals surface area contributed by atoms with Crippen LogP contribution in [-0.2, 0) is 14.3 Å². The fourth-order valence-corrected chi connectivity index (χ4v) is 3.99. The first-order chi connectivity index (χ1) is 16.1. The van der Waals surface area contributed by atoms with E-state index >= 15 is 0 Å². The van der Waals surface area contributed by atoms with Gasteiger partial charge in [0.25, 0.3) is 0 Å². The molecule has 0 radical (unpaired) electrons. The number of hydrogen-bond donors (Lipinski definition) is 3. The fraction of sp³-hybridized carbons (Fsp3) is 0.565. The lowest BCUT2D eigenvalue weighted by Gasteiger charge is -2.22. The summed E-state index contributed by atoms with van der Waals surface area (Å²) >= 11 is 6.38. The highest BCUT2D eigenvalue weighted by Crippen LogP contribution is 2.28. The first-order valence-electron chi connectivity index (χ1n) is 11.3. The van der Waals surface area contributed by atoms with Crippen molar-refractivity contribution in [2.75, 3.05) is 57.7 Å². The van der Waals surface area contributed by atoms with Gasteiger partial charge in [-0.2, -0.15) is 0 Å². The zero-order valence-corrected chi connectivity index (χ0v) is 20.0. The quantitative estimate of drug-likeness (QED) is 0.582. The molecule has 3 N–H and O–H groups in total. The molecule has 9 nitrogen and oxygen atoms in total. The summed E-state index contributed by atoms with van der Waals surface area (Å²) in [4.78, 5) is 25.7. The number of methoxy groups -OCH3 is 1. The van der Waals surface area contributed by atoms with E-state index in [0.29, 0.717) is 40.4 Å². The lowest BCUT2D eigenvalue weighted by Crippen LogP contribution is -2.37. The molecule has 2 fully saturated rings. The molecule has 2 saturated heterocycles. The molecule has 2 aliphatic rings. The molecule has 2 aromatic heterocycles. The molecule has 0 bridgehead atoms. The molecule has 0 saturated carbocycles. The van der Waals surface area contributed by atoms with Gasteiger partial charge in [0, 0.05) is 52.3 Å². The largest absolute Gasteiger partial charge is 0.388 e. The molecule has 0 aromatic carbocycles. The van der Waals surface area contributed by atoms with Crippen molar-refractivity contribution in [2.45, 2.75) is 25.7 Å². The topological polar surface area (TPSA) is 110 Å². The molecule has 0 aliphatic carbocycles. The van der Waals surface area contributed by atoms with Gasteiger partial charge >= 0.3 is 0 Å². The van der Waals surface area contributed by atoms with Crippen LogP contribution in [0.5, 0.6) is 0 Å². The molecule has 180 valence electrons. The van der Waals surface area contributed by atoms with E-state index in [4.69, 9.17) is 16.3 Å². The van der Waals surface area contributed by atoms with Gasteiger partial charge in [-0.3, -0.25) is 9.78 Å². The Kier molecular flexibility index (Phi) is 10.3. The van der Waals surface area contributed by atoms with E-state index in [0.717, 1.165) is 52.0 Å². The van der Waals surface area contributed by atoms with Gasteiger partial charge < -0.3 is 25.4 Å². The summed E-state index contributed by atoms with van der Waals surface area (Å²) in [5.74, 6) is 1.67. The van der Waals surface area contributed by atoms with Crippen molar-refractivity contribution in [3.8, 4) is 11.3 Å². The Morgan fingerprint density at radius 2 is 2.00 bits per heavy atom. The van der Waals surface area contributed by atoms with Crippen LogP contribution in [0.1, 0.15) is 25.7 Å². The van der Waals surface area contributed by atoms with Crippen LogP contribution in [-0.4, -0.2) is 67.9 Å². The molecule has 4 heterocycles. The Labute approximate surface area is 200 Å². The molecule has 2 aromatic rings. The van der Waals surface area contributed by atoms with Crippen molar-refractivity contribution < 1.29 is 14.3 Å².